The topological polar surface area (TPSA) is 84.2 Å². The van der Waals surface area contributed by atoms with Crippen LogP contribution in [-0.4, -0.2) is 32.6 Å². The standard InChI is InChI=1S/C16H16F3N3O3/c17-16(18,19)15-21-11-3-1-2-4-12(11)22(15)8-13(23)20-10-6-5-9(7-10)14(24)25/h1-4,9-10H,5-8H2,(H,20,23)(H,24,25)/t9-,10+/m0/s1. The molecular formula is C16H16F3N3O3. The number of halogens is 3. The van der Waals surface area contributed by atoms with Gasteiger partial charge < -0.3 is 15.0 Å². The number of benzene rings is 1. The molecule has 1 aromatic heterocycles. The lowest BCUT2D eigenvalue weighted by Gasteiger charge is -2.15. The van der Waals surface area contributed by atoms with Crippen LogP contribution >= 0.6 is 0 Å². The largest absolute Gasteiger partial charge is 0.481 e. The highest BCUT2D eigenvalue weighted by atomic mass is 19.4. The van der Waals surface area contributed by atoms with E-state index in [1.54, 1.807) is 12.1 Å². The molecule has 1 aromatic carbocycles. The summed E-state index contributed by atoms with van der Waals surface area (Å²) in [5.41, 5.74) is 0.384. The molecule has 134 valence electrons. The number of rotatable bonds is 4. The smallest absolute Gasteiger partial charge is 0.449 e. The van der Waals surface area contributed by atoms with Gasteiger partial charge in [0.25, 0.3) is 0 Å². The van der Waals surface area contributed by atoms with Gasteiger partial charge in [-0.2, -0.15) is 13.2 Å². The molecule has 0 spiro atoms. The first-order chi connectivity index (χ1) is 11.8. The van der Waals surface area contributed by atoms with Gasteiger partial charge in [-0.25, -0.2) is 4.98 Å². The number of aromatic nitrogens is 2. The number of amides is 1. The summed E-state index contributed by atoms with van der Waals surface area (Å²) in [5, 5.41) is 11.6. The number of para-hydroxylation sites is 2. The molecular weight excluding hydrogens is 339 g/mol. The summed E-state index contributed by atoms with van der Waals surface area (Å²) < 4.78 is 40.4. The fraction of sp³-hybridized carbons (Fsp3) is 0.438. The molecule has 0 unspecified atom stereocenters. The number of hydrogen-bond acceptors (Lipinski definition) is 3. The Hall–Kier alpha value is -2.58. The summed E-state index contributed by atoms with van der Waals surface area (Å²) in [6, 6.07) is 5.74. The van der Waals surface area contributed by atoms with Crippen LogP contribution in [0.15, 0.2) is 24.3 Å². The molecule has 2 aromatic rings. The van der Waals surface area contributed by atoms with Crippen molar-refractivity contribution in [1.29, 1.82) is 0 Å². The van der Waals surface area contributed by atoms with E-state index in [4.69, 9.17) is 5.11 Å². The van der Waals surface area contributed by atoms with Crippen LogP contribution in [0.3, 0.4) is 0 Å². The SMILES string of the molecule is O=C(Cn1c(C(F)(F)F)nc2ccccc21)N[C@@H]1CC[C@H](C(=O)O)C1. The Morgan fingerprint density at radius 1 is 1.28 bits per heavy atom. The van der Waals surface area contributed by atoms with Crippen LogP contribution in [-0.2, 0) is 22.3 Å². The van der Waals surface area contributed by atoms with Crippen LogP contribution in [0.25, 0.3) is 11.0 Å². The van der Waals surface area contributed by atoms with Crippen molar-refractivity contribution in [3.8, 4) is 0 Å². The Morgan fingerprint density at radius 2 is 2.00 bits per heavy atom. The number of nitrogens with one attached hydrogen (secondary N) is 1. The monoisotopic (exact) mass is 355 g/mol. The van der Waals surface area contributed by atoms with Crippen LogP contribution in [0, 0.1) is 5.92 Å². The molecule has 6 nitrogen and oxygen atoms in total. The number of carbonyl (C=O) groups excluding carboxylic acids is 1. The van der Waals surface area contributed by atoms with E-state index in [1.165, 1.54) is 12.1 Å². The lowest BCUT2D eigenvalue weighted by Crippen LogP contribution is -2.36. The Bertz CT molecular complexity index is 816. The van der Waals surface area contributed by atoms with Crippen LogP contribution in [0.5, 0.6) is 0 Å². The van der Waals surface area contributed by atoms with Crippen LogP contribution in [0.4, 0.5) is 13.2 Å². The third kappa shape index (κ3) is 3.59. The van der Waals surface area contributed by atoms with E-state index in [0.717, 1.165) is 4.57 Å². The minimum absolute atomic E-state index is 0.162. The molecule has 0 aliphatic heterocycles. The number of alkyl halides is 3. The molecule has 2 atom stereocenters. The van der Waals surface area contributed by atoms with Crippen molar-refractivity contribution in [2.75, 3.05) is 0 Å². The maximum Gasteiger partial charge on any atom is 0.449 e. The molecule has 25 heavy (non-hydrogen) atoms. The van der Waals surface area contributed by atoms with Crippen LogP contribution in [0.2, 0.25) is 0 Å². The van der Waals surface area contributed by atoms with Crippen molar-refractivity contribution in [1.82, 2.24) is 14.9 Å². The van der Waals surface area contributed by atoms with E-state index < -0.39 is 36.3 Å². The molecule has 1 aliphatic rings. The van der Waals surface area contributed by atoms with E-state index in [0.29, 0.717) is 12.8 Å². The van der Waals surface area contributed by atoms with Gasteiger partial charge >= 0.3 is 12.1 Å². The maximum absolute atomic E-state index is 13.2. The van der Waals surface area contributed by atoms with E-state index in [2.05, 4.69) is 10.3 Å². The summed E-state index contributed by atoms with van der Waals surface area (Å²) in [7, 11) is 0. The highest BCUT2D eigenvalue weighted by Crippen LogP contribution is 2.31. The first-order valence-corrected chi connectivity index (χ1v) is 7.80. The molecule has 1 heterocycles. The van der Waals surface area contributed by atoms with E-state index in [9.17, 15) is 22.8 Å². The Balaban J connectivity index is 1.78. The third-order valence-corrected chi connectivity index (χ3v) is 4.36. The minimum atomic E-state index is -4.68. The second-order valence-electron chi connectivity index (χ2n) is 6.12. The normalized spacial score (nSPS) is 20.8. The van der Waals surface area contributed by atoms with Gasteiger partial charge in [-0.3, -0.25) is 9.59 Å². The molecule has 1 amide bonds. The van der Waals surface area contributed by atoms with Gasteiger partial charge in [0.05, 0.1) is 17.0 Å². The van der Waals surface area contributed by atoms with Gasteiger partial charge in [-0.15, -0.1) is 0 Å². The number of imidazole rings is 1. The Morgan fingerprint density at radius 3 is 2.64 bits per heavy atom. The average molecular weight is 355 g/mol. The molecule has 2 N–H and O–H groups in total. The Labute approximate surface area is 140 Å². The van der Waals surface area contributed by atoms with Crippen molar-refractivity contribution >= 4 is 22.9 Å². The molecule has 1 saturated carbocycles. The average Bonchev–Trinajstić information content (AvgIpc) is 3.12. The fourth-order valence-electron chi connectivity index (χ4n) is 3.21. The molecule has 3 rings (SSSR count). The van der Waals surface area contributed by atoms with Crippen molar-refractivity contribution in [2.45, 2.75) is 38.0 Å². The summed E-state index contributed by atoms with van der Waals surface area (Å²) in [6.45, 7) is -0.524. The highest BCUT2D eigenvalue weighted by Gasteiger charge is 2.38. The second kappa shape index (κ2) is 6.38. The fourth-order valence-corrected chi connectivity index (χ4v) is 3.21. The number of carboxylic acids is 1. The van der Waals surface area contributed by atoms with Gasteiger partial charge in [0, 0.05) is 6.04 Å². The predicted octanol–water partition coefficient (Wildman–Crippen LogP) is 2.42. The summed E-state index contributed by atoms with van der Waals surface area (Å²) in [5.74, 6) is -3.16. The highest BCUT2D eigenvalue weighted by molar-refractivity contribution is 5.81. The summed E-state index contributed by atoms with van der Waals surface area (Å²) in [4.78, 5) is 26.7. The molecule has 0 bridgehead atoms. The van der Waals surface area contributed by atoms with Crippen molar-refractivity contribution in [3.63, 3.8) is 0 Å². The number of carboxylic acid groups (broad SMARTS) is 1. The van der Waals surface area contributed by atoms with Crippen molar-refractivity contribution in [3.05, 3.63) is 30.1 Å². The molecule has 1 aliphatic carbocycles. The van der Waals surface area contributed by atoms with Gasteiger partial charge in [-0.1, -0.05) is 12.1 Å². The zero-order valence-corrected chi connectivity index (χ0v) is 13.1. The van der Waals surface area contributed by atoms with Crippen LogP contribution in [0.1, 0.15) is 25.1 Å². The van der Waals surface area contributed by atoms with Gasteiger partial charge in [0.2, 0.25) is 11.7 Å². The molecule has 9 heteroatoms. The molecule has 0 saturated heterocycles. The predicted molar refractivity (Wildman–Crippen MR) is 81.6 cm³/mol. The quantitative estimate of drug-likeness (QED) is 0.882. The van der Waals surface area contributed by atoms with Crippen molar-refractivity contribution < 1.29 is 27.9 Å². The van der Waals surface area contributed by atoms with Crippen molar-refractivity contribution in [2.24, 2.45) is 5.92 Å². The first-order valence-electron chi connectivity index (χ1n) is 7.80. The molecule has 0 radical (unpaired) electrons. The minimum Gasteiger partial charge on any atom is -0.481 e. The lowest BCUT2D eigenvalue weighted by atomic mass is 10.1. The number of hydrogen-bond donors (Lipinski definition) is 2. The third-order valence-electron chi connectivity index (χ3n) is 4.36. The lowest BCUT2D eigenvalue weighted by molar-refractivity contribution is -0.147. The Kier molecular flexibility index (Phi) is 4.40. The summed E-state index contributed by atoms with van der Waals surface area (Å²) >= 11 is 0. The summed E-state index contributed by atoms with van der Waals surface area (Å²) in [6.07, 6.45) is -3.44. The zero-order chi connectivity index (χ0) is 18.2. The maximum atomic E-state index is 13.2. The number of fused-ring (bicyclic) bond motifs is 1. The number of nitrogens with zero attached hydrogens (tertiary/aromatic N) is 2. The van der Waals surface area contributed by atoms with Crippen LogP contribution < -0.4 is 5.32 Å². The first kappa shape index (κ1) is 17.2. The van der Waals surface area contributed by atoms with Gasteiger partial charge in [-0.05, 0) is 31.4 Å². The van der Waals surface area contributed by atoms with E-state index in [-0.39, 0.29) is 23.5 Å². The number of carbonyl (C=O) groups is 2. The van der Waals surface area contributed by atoms with Gasteiger partial charge in [0.15, 0.2) is 0 Å². The van der Waals surface area contributed by atoms with E-state index in [1.807, 2.05) is 0 Å². The van der Waals surface area contributed by atoms with Gasteiger partial charge in [0.1, 0.15) is 6.54 Å². The zero-order valence-electron chi connectivity index (χ0n) is 13.1. The second-order valence-corrected chi connectivity index (χ2v) is 6.12. The number of aliphatic carboxylic acids is 1. The molecule has 1 fully saturated rings. The van der Waals surface area contributed by atoms with E-state index >= 15 is 0 Å².